The first-order chi connectivity index (χ1) is 9.20. The van der Waals surface area contributed by atoms with Crippen LogP contribution in [0.2, 0.25) is 0 Å². The molecule has 0 aliphatic rings. The van der Waals surface area contributed by atoms with Crippen LogP contribution in [-0.4, -0.2) is 19.1 Å². The van der Waals surface area contributed by atoms with E-state index in [4.69, 9.17) is 0 Å². The molecular formula is C16H21N3. The summed E-state index contributed by atoms with van der Waals surface area (Å²) in [4.78, 5) is 6.69. The van der Waals surface area contributed by atoms with Crippen molar-refractivity contribution in [3.63, 3.8) is 0 Å². The van der Waals surface area contributed by atoms with Gasteiger partial charge in [-0.05, 0) is 25.6 Å². The average Bonchev–Trinajstić information content (AvgIpc) is 2.42. The molecule has 100 valence electrons. The zero-order valence-electron chi connectivity index (χ0n) is 11.9. The fraction of sp³-hybridized carbons (Fsp3) is 0.312. The molecule has 0 atom stereocenters. The van der Waals surface area contributed by atoms with E-state index in [0.717, 1.165) is 18.9 Å². The topological polar surface area (TPSA) is 28.2 Å². The van der Waals surface area contributed by atoms with Crippen molar-refractivity contribution < 1.29 is 0 Å². The van der Waals surface area contributed by atoms with Crippen molar-refractivity contribution in [3.05, 3.63) is 59.3 Å². The Labute approximate surface area is 115 Å². The van der Waals surface area contributed by atoms with E-state index in [1.54, 1.807) is 0 Å². The SMILES string of the molecule is CNCc1cccnc1N(C)Cc1ccc(C)cc1. The molecule has 1 aromatic heterocycles. The maximum Gasteiger partial charge on any atom is 0.133 e. The van der Waals surface area contributed by atoms with E-state index in [9.17, 15) is 0 Å². The first kappa shape index (κ1) is 13.6. The fourth-order valence-electron chi connectivity index (χ4n) is 2.14. The van der Waals surface area contributed by atoms with Gasteiger partial charge in [0.15, 0.2) is 0 Å². The van der Waals surface area contributed by atoms with Gasteiger partial charge in [0.05, 0.1) is 0 Å². The molecule has 2 rings (SSSR count). The van der Waals surface area contributed by atoms with Crippen LogP contribution in [0.1, 0.15) is 16.7 Å². The Morgan fingerprint density at radius 2 is 1.89 bits per heavy atom. The molecular weight excluding hydrogens is 234 g/mol. The number of aromatic nitrogens is 1. The van der Waals surface area contributed by atoms with E-state index in [1.165, 1.54) is 16.7 Å². The second kappa shape index (κ2) is 6.34. The highest BCUT2D eigenvalue weighted by Gasteiger charge is 2.08. The Balaban J connectivity index is 2.15. The number of hydrogen-bond acceptors (Lipinski definition) is 3. The van der Waals surface area contributed by atoms with E-state index in [-0.39, 0.29) is 0 Å². The van der Waals surface area contributed by atoms with Gasteiger partial charge in [-0.15, -0.1) is 0 Å². The summed E-state index contributed by atoms with van der Waals surface area (Å²) in [6, 6.07) is 12.7. The van der Waals surface area contributed by atoms with E-state index in [2.05, 4.69) is 59.5 Å². The van der Waals surface area contributed by atoms with E-state index < -0.39 is 0 Å². The predicted octanol–water partition coefficient (Wildman–Crippen LogP) is 2.75. The van der Waals surface area contributed by atoms with Gasteiger partial charge in [-0.2, -0.15) is 0 Å². The van der Waals surface area contributed by atoms with Crippen molar-refractivity contribution >= 4 is 5.82 Å². The molecule has 0 unspecified atom stereocenters. The minimum atomic E-state index is 0.835. The van der Waals surface area contributed by atoms with E-state index in [0.29, 0.717) is 0 Å². The Kier molecular flexibility index (Phi) is 4.53. The second-order valence-corrected chi connectivity index (χ2v) is 4.86. The molecule has 0 amide bonds. The van der Waals surface area contributed by atoms with Gasteiger partial charge < -0.3 is 10.2 Å². The summed E-state index contributed by atoms with van der Waals surface area (Å²) in [6.45, 7) is 3.81. The Bertz CT molecular complexity index is 520. The molecule has 19 heavy (non-hydrogen) atoms. The third-order valence-corrected chi connectivity index (χ3v) is 3.14. The summed E-state index contributed by atoms with van der Waals surface area (Å²) < 4.78 is 0. The molecule has 1 heterocycles. The number of rotatable bonds is 5. The molecule has 0 saturated carbocycles. The van der Waals surface area contributed by atoms with Crippen molar-refractivity contribution in [1.29, 1.82) is 0 Å². The lowest BCUT2D eigenvalue weighted by Crippen LogP contribution is -2.20. The van der Waals surface area contributed by atoms with Crippen molar-refractivity contribution in [3.8, 4) is 0 Å². The number of pyridine rings is 1. The molecule has 1 aromatic carbocycles. The molecule has 0 saturated heterocycles. The molecule has 1 N–H and O–H groups in total. The minimum Gasteiger partial charge on any atom is -0.355 e. The standard InChI is InChI=1S/C16H21N3/c1-13-6-8-14(9-7-13)12-19(3)16-15(11-17-2)5-4-10-18-16/h4-10,17H,11-12H2,1-3H3. The molecule has 0 radical (unpaired) electrons. The monoisotopic (exact) mass is 255 g/mol. The number of anilines is 1. The molecule has 3 nitrogen and oxygen atoms in total. The third-order valence-electron chi connectivity index (χ3n) is 3.14. The average molecular weight is 255 g/mol. The number of hydrogen-bond donors (Lipinski definition) is 1. The summed E-state index contributed by atoms with van der Waals surface area (Å²) in [7, 11) is 4.04. The highest BCUT2D eigenvalue weighted by atomic mass is 15.2. The lowest BCUT2D eigenvalue weighted by Gasteiger charge is -2.21. The fourth-order valence-corrected chi connectivity index (χ4v) is 2.14. The lowest BCUT2D eigenvalue weighted by atomic mass is 10.1. The van der Waals surface area contributed by atoms with Crippen LogP contribution in [0.15, 0.2) is 42.6 Å². The zero-order valence-corrected chi connectivity index (χ0v) is 11.9. The van der Waals surface area contributed by atoms with Crippen LogP contribution < -0.4 is 10.2 Å². The molecule has 0 aliphatic carbocycles. The molecule has 0 bridgehead atoms. The Hall–Kier alpha value is -1.87. The van der Waals surface area contributed by atoms with E-state index >= 15 is 0 Å². The smallest absolute Gasteiger partial charge is 0.133 e. The molecule has 0 aliphatic heterocycles. The number of nitrogens with zero attached hydrogens (tertiary/aromatic N) is 2. The summed E-state index contributed by atoms with van der Waals surface area (Å²) in [5.74, 6) is 1.04. The molecule has 0 fully saturated rings. The number of aryl methyl sites for hydroxylation is 1. The van der Waals surface area contributed by atoms with E-state index in [1.807, 2.05) is 19.3 Å². The summed E-state index contributed by atoms with van der Waals surface area (Å²) >= 11 is 0. The van der Waals surface area contributed by atoms with Gasteiger partial charge in [0, 0.05) is 31.9 Å². The molecule has 3 heteroatoms. The minimum absolute atomic E-state index is 0.835. The maximum absolute atomic E-state index is 4.50. The maximum atomic E-state index is 4.50. The van der Waals surface area contributed by atoms with Crippen molar-refractivity contribution in [2.45, 2.75) is 20.0 Å². The Morgan fingerprint density at radius 1 is 1.16 bits per heavy atom. The largest absolute Gasteiger partial charge is 0.355 e. The highest BCUT2D eigenvalue weighted by Crippen LogP contribution is 2.18. The summed E-state index contributed by atoms with van der Waals surface area (Å²) in [5, 5.41) is 3.18. The molecule has 2 aromatic rings. The summed E-state index contributed by atoms with van der Waals surface area (Å²) in [6.07, 6.45) is 1.85. The number of benzene rings is 1. The van der Waals surface area contributed by atoms with Gasteiger partial charge in [-0.25, -0.2) is 4.98 Å². The predicted molar refractivity (Wildman–Crippen MR) is 80.3 cm³/mol. The Morgan fingerprint density at radius 3 is 2.58 bits per heavy atom. The first-order valence-electron chi connectivity index (χ1n) is 6.56. The first-order valence-corrected chi connectivity index (χ1v) is 6.56. The number of nitrogens with one attached hydrogen (secondary N) is 1. The lowest BCUT2D eigenvalue weighted by molar-refractivity contribution is 0.795. The van der Waals surface area contributed by atoms with Crippen LogP contribution in [-0.2, 0) is 13.1 Å². The third kappa shape index (κ3) is 3.55. The van der Waals surface area contributed by atoms with Crippen LogP contribution in [0.4, 0.5) is 5.82 Å². The van der Waals surface area contributed by atoms with Crippen LogP contribution in [0, 0.1) is 6.92 Å². The normalized spacial score (nSPS) is 10.5. The quantitative estimate of drug-likeness (QED) is 0.890. The van der Waals surface area contributed by atoms with Crippen LogP contribution in [0.3, 0.4) is 0 Å². The van der Waals surface area contributed by atoms with Crippen molar-refractivity contribution in [2.24, 2.45) is 0 Å². The summed E-state index contributed by atoms with van der Waals surface area (Å²) in [5.41, 5.74) is 3.81. The van der Waals surface area contributed by atoms with Crippen LogP contribution in [0.5, 0.6) is 0 Å². The van der Waals surface area contributed by atoms with Crippen molar-refractivity contribution in [1.82, 2.24) is 10.3 Å². The van der Waals surface area contributed by atoms with Crippen LogP contribution in [0.25, 0.3) is 0 Å². The van der Waals surface area contributed by atoms with Gasteiger partial charge in [0.2, 0.25) is 0 Å². The van der Waals surface area contributed by atoms with Crippen LogP contribution >= 0.6 is 0 Å². The van der Waals surface area contributed by atoms with Crippen molar-refractivity contribution in [2.75, 3.05) is 19.0 Å². The zero-order chi connectivity index (χ0) is 13.7. The van der Waals surface area contributed by atoms with Gasteiger partial charge in [0.1, 0.15) is 5.82 Å². The van der Waals surface area contributed by atoms with Gasteiger partial charge >= 0.3 is 0 Å². The van der Waals surface area contributed by atoms with Gasteiger partial charge in [0.25, 0.3) is 0 Å². The van der Waals surface area contributed by atoms with Gasteiger partial charge in [-0.3, -0.25) is 0 Å². The highest BCUT2D eigenvalue weighted by molar-refractivity contribution is 5.46. The van der Waals surface area contributed by atoms with Gasteiger partial charge in [-0.1, -0.05) is 35.9 Å². The molecule has 0 spiro atoms. The second-order valence-electron chi connectivity index (χ2n) is 4.86.